The minimum Gasteiger partial charge on any atom is -0.266 e. The minimum atomic E-state index is -0.544. The molecule has 2 rings (SSSR count). The van der Waals surface area contributed by atoms with E-state index in [0.29, 0.717) is 5.56 Å². The molecule has 0 fully saturated rings. The number of aromatic nitrogens is 2. The van der Waals surface area contributed by atoms with E-state index in [-0.39, 0.29) is 15.7 Å². The predicted octanol–water partition coefficient (Wildman–Crippen LogP) is 3.09. The van der Waals surface area contributed by atoms with Crippen LogP contribution in [0.5, 0.6) is 0 Å². The molecule has 6 nitrogen and oxygen atoms in total. The molecule has 0 aliphatic heterocycles. The zero-order valence-electron chi connectivity index (χ0n) is 9.86. The van der Waals surface area contributed by atoms with E-state index < -0.39 is 10.5 Å². The highest BCUT2D eigenvalue weighted by atomic mass is 35.5. The fourth-order valence-corrected chi connectivity index (χ4v) is 1.65. The molecule has 8 heteroatoms. The van der Waals surface area contributed by atoms with Gasteiger partial charge in [-0.05, 0) is 23.8 Å². The summed E-state index contributed by atoms with van der Waals surface area (Å²) in [6.45, 7) is 0. The Kier molecular flexibility index (Phi) is 4.16. The van der Waals surface area contributed by atoms with Gasteiger partial charge >= 0.3 is 0 Å². The Balaban J connectivity index is 2.28. The topological polar surface area (TPSA) is 78.0 Å². The molecule has 0 spiro atoms. The van der Waals surface area contributed by atoms with Gasteiger partial charge in [-0.1, -0.05) is 23.2 Å². The Morgan fingerprint density at radius 1 is 1.25 bits per heavy atom. The third-order valence-corrected chi connectivity index (χ3v) is 3.16. The van der Waals surface area contributed by atoms with Crippen molar-refractivity contribution in [2.45, 2.75) is 0 Å². The third kappa shape index (κ3) is 3.04. The van der Waals surface area contributed by atoms with Crippen molar-refractivity contribution >= 4 is 41.2 Å². The van der Waals surface area contributed by atoms with Crippen molar-refractivity contribution in [3.63, 3.8) is 0 Å². The molecule has 20 heavy (non-hydrogen) atoms. The summed E-state index contributed by atoms with van der Waals surface area (Å²) in [5, 5.41) is 14.3. The van der Waals surface area contributed by atoms with Crippen LogP contribution < -0.4 is 5.56 Å². The highest BCUT2D eigenvalue weighted by Crippen LogP contribution is 2.15. The second-order valence-corrected chi connectivity index (χ2v) is 4.51. The number of benzene rings is 1. The second-order valence-electron chi connectivity index (χ2n) is 3.72. The van der Waals surface area contributed by atoms with Crippen molar-refractivity contribution in [1.29, 1.82) is 0 Å². The molecule has 1 aromatic heterocycles. The summed E-state index contributed by atoms with van der Waals surface area (Å²) in [6, 6.07) is 5.84. The van der Waals surface area contributed by atoms with Crippen LogP contribution in [0, 0.1) is 10.1 Å². The van der Waals surface area contributed by atoms with Gasteiger partial charge in [0.1, 0.15) is 5.02 Å². The number of halogens is 2. The third-order valence-electron chi connectivity index (χ3n) is 2.41. The molecule has 0 saturated carbocycles. The van der Waals surface area contributed by atoms with Gasteiger partial charge in [0.05, 0.1) is 16.1 Å². The average Bonchev–Trinajstić information content (AvgIpc) is 2.44. The smallest absolute Gasteiger partial charge is 0.266 e. The van der Waals surface area contributed by atoms with Crippen molar-refractivity contribution in [3.05, 3.63) is 66.5 Å². The Hall–Kier alpha value is -2.18. The van der Waals surface area contributed by atoms with Crippen molar-refractivity contribution in [2.24, 2.45) is 0 Å². The molecule has 0 atom stereocenters. The maximum Gasteiger partial charge on any atom is 0.291 e. The molecule has 0 aliphatic carbocycles. The Morgan fingerprint density at radius 2 is 1.90 bits per heavy atom. The maximum absolute atomic E-state index is 11.7. The summed E-state index contributed by atoms with van der Waals surface area (Å²) in [5.41, 5.74) is 0.125. The van der Waals surface area contributed by atoms with E-state index in [2.05, 4.69) is 5.10 Å². The predicted molar refractivity (Wildman–Crippen MR) is 76.8 cm³/mol. The van der Waals surface area contributed by atoms with Crippen molar-refractivity contribution < 1.29 is 4.92 Å². The van der Waals surface area contributed by atoms with Gasteiger partial charge < -0.3 is 0 Å². The van der Waals surface area contributed by atoms with E-state index in [4.69, 9.17) is 23.2 Å². The lowest BCUT2D eigenvalue weighted by atomic mass is 10.2. The standard InChI is InChI=1S/C12H7Cl2N3O3/c13-10-7-15-16(12(18)11(10)14)6-5-8-1-3-9(4-2-8)17(19)20/h1-7H/b6-5+. The van der Waals surface area contributed by atoms with Crippen LogP contribution in [0.25, 0.3) is 12.3 Å². The molecule has 0 radical (unpaired) electrons. The SMILES string of the molecule is O=c1c(Cl)c(Cl)cnn1/C=C/c1ccc([N+](=O)[O-])cc1. The molecule has 0 bridgehead atoms. The number of nitrogens with zero attached hydrogens (tertiary/aromatic N) is 3. The minimum absolute atomic E-state index is 0.00743. The second kappa shape index (κ2) is 5.85. The zero-order chi connectivity index (χ0) is 14.7. The number of nitro groups is 1. The first-order chi connectivity index (χ1) is 9.49. The van der Waals surface area contributed by atoms with Gasteiger partial charge in [-0.15, -0.1) is 0 Å². The molecule has 0 aliphatic rings. The first kappa shape index (κ1) is 14.2. The van der Waals surface area contributed by atoms with Gasteiger partial charge in [-0.2, -0.15) is 5.10 Å². The first-order valence-corrected chi connectivity index (χ1v) is 6.10. The fourth-order valence-electron chi connectivity index (χ4n) is 1.39. The van der Waals surface area contributed by atoms with Crippen LogP contribution in [0.3, 0.4) is 0 Å². The number of hydrogen-bond donors (Lipinski definition) is 0. The summed E-state index contributed by atoms with van der Waals surface area (Å²) < 4.78 is 1.02. The van der Waals surface area contributed by atoms with Gasteiger partial charge in [0.25, 0.3) is 11.2 Å². The molecule has 0 N–H and O–H groups in total. The van der Waals surface area contributed by atoms with E-state index in [9.17, 15) is 14.9 Å². The zero-order valence-corrected chi connectivity index (χ0v) is 11.4. The van der Waals surface area contributed by atoms with Crippen molar-refractivity contribution in [3.8, 4) is 0 Å². The van der Waals surface area contributed by atoms with Crippen LogP contribution in [0.2, 0.25) is 10.0 Å². The average molecular weight is 312 g/mol. The van der Waals surface area contributed by atoms with Gasteiger partial charge in [-0.25, -0.2) is 4.68 Å². The molecular weight excluding hydrogens is 305 g/mol. The molecule has 0 unspecified atom stereocenters. The summed E-state index contributed by atoms with van der Waals surface area (Å²) in [6.07, 6.45) is 4.22. The Bertz CT molecular complexity index is 739. The van der Waals surface area contributed by atoms with Gasteiger partial charge in [0.15, 0.2) is 0 Å². The maximum atomic E-state index is 11.7. The normalized spacial score (nSPS) is 10.9. The van der Waals surface area contributed by atoms with E-state index >= 15 is 0 Å². The largest absolute Gasteiger partial charge is 0.291 e. The van der Waals surface area contributed by atoms with E-state index in [0.717, 1.165) is 4.68 Å². The molecule has 0 saturated heterocycles. The number of non-ortho nitro benzene ring substituents is 1. The van der Waals surface area contributed by atoms with Crippen molar-refractivity contribution in [1.82, 2.24) is 9.78 Å². The van der Waals surface area contributed by atoms with Gasteiger partial charge in [0, 0.05) is 18.3 Å². The quantitative estimate of drug-likeness (QED) is 0.644. The monoisotopic (exact) mass is 311 g/mol. The summed E-state index contributed by atoms with van der Waals surface area (Å²) >= 11 is 11.4. The molecule has 0 amide bonds. The summed E-state index contributed by atoms with van der Waals surface area (Å²) in [5.74, 6) is 0. The van der Waals surface area contributed by atoms with Crippen LogP contribution >= 0.6 is 23.2 Å². The fraction of sp³-hybridized carbons (Fsp3) is 0. The van der Waals surface area contributed by atoms with Crippen LogP contribution in [0.15, 0.2) is 35.3 Å². The van der Waals surface area contributed by atoms with E-state index in [1.807, 2.05) is 0 Å². The molecular formula is C12H7Cl2N3O3. The first-order valence-electron chi connectivity index (χ1n) is 5.34. The highest BCUT2D eigenvalue weighted by molar-refractivity contribution is 6.41. The lowest BCUT2D eigenvalue weighted by Gasteiger charge is -1.99. The molecule has 2 aromatic rings. The highest BCUT2D eigenvalue weighted by Gasteiger charge is 2.05. The van der Waals surface area contributed by atoms with E-state index in [1.54, 1.807) is 18.2 Å². The summed E-state index contributed by atoms with van der Waals surface area (Å²) in [4.78, 5) is 21.7. The number of rotatable bonds is 3. The van der Waals surface area contributed by atoms with Crippen LogP contribution in [0.1, 0.15) is 5.56 Å². The number of nitro benzene ring substituents is 1. The lowest BCUT2D eigenvalue weighted by Crippen LogP contribution is -2.18. The summed E-state index contributed by atoms with van der Waals surface area (Å²) in [7, 11) is 0. The molecule has 102 valence electrons. The van der Waals surface area contributed by atoms with Crippen LogP contribution in [0.4, 0.5) is 5.69 Å². The Morgan fingerprint density at radius 3 is 2.50 bits per heavy atom. The molecule has 1 aromatic carbocycles. The van der Waals surface area contributed by atoms with Crippen LogP contribution in [-0.4, -0.2) is 14.7 Å². The lowest BCUT2D eigenvalue weighted by molar-refractivity contribution is -0.384. The van der Waals surface area contributed by atoms with Gasteiger partial charge in [0.2, 0.25) is 0 Å². The van der Waals surface area contributed by atoms with Crippen molar-refractivity contribution in [2.75, 3.05) is 0 Å². The Labute approximate surface area is 123 Å². The van der Waals surface area contributed by atoms with Gasteiger partial charge in [-0.3, -0.25) is 14.9 Å². The van der Waals surface area contributed by atoms with Crippen LogP contribution in [-0.2, 0) is 0 Å². The molecule has 1 heterocycles. The number of hydrogen-bond acceptors (Lipinski definition) is 4. The van der Waals surface area contributed by atoms with E-state index in [1.165, 1.54) is 24.5 Å².